The van der Waals surface area contributed by atoms with Gasteiger partial charge in [-0.1, -0.05) is 60.2 Å². The summed E-state index contributed by atoms with van der Waals surface area (Å²) in [6.45, 7) is 4.16. The van der Waals surface area contributed by atoms with Crippen molar-refractivity contribution in [2.45, 2.75) is 24.9 Å². The first-order valence-corrected chi connectivity index (χ1v) is 12.0. The zero-order chi connectivity index (χ0) is 23.0. The molecular weight excluding hydrogens is 422 g/mol. The molecule has 0 saturated heterocycles. The van der Waals surface area contributed by atoms with Gasteiger partial charge < -0.3 is 10.2 Å². The predicted octanol–water partition coefficient (Wildman–Crippen LogP) is 3.34. The number of sulfonamides is 1. The molecule has 0 heterocycles. The lowest BCUT2D eigenvalue weighted by Crippen LogP contribution is -2.32. The van der Waals surface area contributed by atoms with E-state index in [9.17, 15) is 13.2 Å². The minimum absolute atomic E-state index is 0.148. The normalized spacial score (nSPS) is 11.5. The lowest BCUT2D eigenvalue weighted by atomic mass is 10.1. The first-order valence-electron chi connectivity index (χ1n) is 10.5. The zero-order valence-corrected chi connectivity index (χ0v) is 19.2. The molecule has 0 aliphatic rings. The molecule has 3 aromatic carbocycles. The molecule has 0 unspecified atom stereocenters. The molecule has 0 aromatic heterocycles. The van der Waals surface area contributed by atoms with E-state index < -0.39 is 10.0 Å². The van der Waals surface area contributed by atoms with Crippen LogP contribution in [0.2, 0.25) is 0 Å². The summed E-state index contributed by atoms with van der Waals surface area (Å²) in [6, 6.07) is 23.8. The fourth-order valence-electron chi connectivity index (χ4n) is 3.19. The van der Waals surface area contributed by atoms with E-state index in [2.05, 4.69) is 27.1 Å². The first-order chi connectivity index (χ1) is 15.3. The smallest absolute Gasteiger partial charge is 0.251 e. The van der Waals surface area contributed by atoms with E-state index in [-0.39, 0.29) is 17.3 Å². The summed E-state index contributed by atoms with van der Waals surface area (Å²) in [6.07, 6.45) is 0. The van der Waals surface area contributed by atoms with Crippen molar-refractivity contribution in [2.75, 3.05) is 20.1 Å². The second-order valence-electron chi connectivity index (χ2n) is 7.81. The van der Waals surface area contributed by atoms with Gasteiger partial charge in [-0.15, -0.1) is 0 Å². The van der Waals surface area contributed by atoms with Gasteiger partial charge >= 0.3 is 0 Å². The number of nitrogens with one attached hydrogen (secondary N) is 2. The number of benzene rings is 3. The number of amides is 1. The molecule has 0 spiro atoms. The van der Waals surface area contributed by atoms with Crippen LogP contribution in [-0.4, -0.2) is 39.4 Å². The monoisotopic (exact) mass is 451 g/mol. The highest BCUT2D eigenvalue weighted by Crippen LogP contribution is 2.11. The molecule has 0 aliphatic carbocycles. The average Bonchev–Trinajstić information content (AvgIpc) is 2.79. The SMILES string of the molecule is Cc1ccc(S(=O)(=O)NCc2ccc(C(=O)NCCN(C)Cc3ccccc3)cc2)cc1. The number of likely N-dealkylation sites (N-methyl/N-ethyl adjacent to an activating group) is 1. The molecule has 168 valence electrons. The minimum Gasteiger partial charge on any atom is -0.351 e. The molecule has 0 fully saturated rings. The largest absolute Gasteiger partial charge is 0.351 e. The van der Waals surface area contributed by atoms with E-state index in [4.69, 9.17) is 0 Å². The maximum Gasteiger partial charge on any atom is 0.251 e. The molecule has 1 amide bonds. The lowest BCUT2D eigenvalue weighted by Gasteiger charge is -2.17. The maximum atomic E-state index is 12.4. The van der Waals surface area contributed by atoms with Crippen molar-refractivity contribution in [3.05, 3.63) is 101 Å². The number of carbonyl (C=O) groups excluding carboxylic acids is 1. The molecular formula is C25H29N3O3S. The lowest BCUT2D eigenvalue weighted by molar-refractivity contribution is 0.0949. The van der Waals surface area contributed by atoms with E-state index in [1.54, 1.807) is 48.5 Å². The quantitative estimate of drug-likeness (QED) is 0.496. The average molecular weight is 452 g/mol. The van der Waals surface area contributed by atoms with Crippen molar-refractivity contribution in [3.8, 4) is 0 Å². The van der Waals surface area contributed by atoms with Gasteiger partial charge in [0.05, 0.1) is 4.90 Å². The molecule has 0 saturated carbocycles. The van der Waals surface area contributed by atoms with Crippen LogP contribution in [-0.2, 0) is 23.1 Å². The Bertz CT molecular complexity index is 1110. The third-order valence-electron chi connectivity index (χ3n) is 5.09. The molecule has 0 atom stereocenters. The molecule has 3 rings (SSSR count). The van der Waals surface area contributed by atoms with Crippen molar-refractivity contribution in [1.82, 2.24) is 14.9 Å². The third kappa shape index (κ3) is 7.02. The van der Waals surface area contributed by atoms with Gasteiger partial charge in [0, 0.05) is 31.7 Å². The summed E-state index contributed by atoms with van der Waals surface area (Å²) in [4.78, 5) is 14.8. The molecule has 2 N–H and O–H groups in total. The van der Waals surface area contributed by atoms with Crippen molar-refractivity contribution in [3.63, 3.8) is 0 Å². The van der Waals surface area contributed by atoms with E-state index >= 15 is 0 Å². The Morgan fingerprint density at radius 3 is 2.19 bits per heavy atom. The fraction of sp³-hybridized carbons (Fsp3) is 0.240. The Morgan fingerprint density at radius 1 is 0.875 bits per heavy atom. The molecule has 0 radical (unpaired) electrons. The van der Waals surface area contributed by atoms with Crippen LogP contribution >= 0.6 is 0 Å². The maximum absolute atomic E-state index is 12.4. The van der Waals surface area contributed by atoms with E-state index in [1.165, 1.54) is 5.56 Å². The third-order valence-corrected chi connectivity index (χ3v) is 6.51. The van der Waals surface area contributed by atoms with Crippen molar-refractivity contribution in [1.29, 1.82) is 0 Å². The summed E-state index contributed by atoms with van der Waals surface area (Å²) >= 11 is 0. The summed E-state index contributed by atoms with van der Waals surface area (Å²) in [5.41, 5.74) is 3.55. The van der Waals surface area contributed by atoms with Crippen LogP contribution in [0.4, 0.5) is 0 Å². The fourth-order valence-corrected chi connectivity index (χ4v) is 4.21. The zero-order valence-electron chi connectivity index (χ0n) is 18.4. The molecule has 7 heteroatoms. The summed E-state index contributed by atoms with van der Waals surface area (Å²) < 4.78 is 27.4. The van der Waals surface area contributed by atoms with Gasteiger partial charge in [-0.2, -0.15) is 0 Å². The van der Waals surface area contributed by atoms with Crippen LogP contribution < -0.4 is 10.0 Å². The summed E-state index contributed by atoms with van der Waals surface area (Å²) in [5.74, 6) is -0.148. The molecule has 0 aliphatic heterocycles. The van der Waals surface area contributed by atoms with Crippen LogP contribution in [0.5, 0.6) is 0 Å². The van der Waals surface area contributed by atoms with Crippen LogP contribution in [0.15, 0.2) is 83.8 Å². The molecule has 0 bridgehead atoms. The van der Waals surface area contributed by atoms with Crippen molar-refractivity contribution >= 4 is 15.9 Å². The van der Waals surface area contributed by atoms with E-state index in [1.807, 2.05) is 32.2 Å². The Hall–Kier alpha value is -3.00. The van der Waals surface area contributed by atoms with Crippen LogP contribution in [0, 0.1) is 6.92 Å². The minimum atomic E-state index is -3.58. The predicted molar refractivity (Wildman–Crippen MR) is 127 cm³/mol. The number of nitrogens with zero attached hydrogens (tertiary/aromatic N) is 1. The van der Waals surface area contributed by atoms with E-state index in [0.29, 0.717) is 12.1 Å². The highest BCUT2D eigenvalue weighted by Gasteiger charge is 2.13. The van der Waals surface area contributed by atoms with Crippen LogP contribution in [0.3, 0.4) is 0 Å². The number of rotatable bonds is 10. The van der Waals surface area contributed by atoms with Crippen LogP contribution in [0.1, 0.15) is 27.0 Å². The Kier molecular flexibility index (Phi) is 8.16. The second kappa shape index (κ2) is 11.0. The number of hydrogen-bond donors (Lipinski definition) is 2. The molecule has 32 heavy (non-hydrogen) atoms. The molecule has 3 aromatic rings. The molecule has 6 nitrogen and oxygen atoms in total. The summed E-state index contributed by atoms with van der Waals surface area (Å²) in [5, 5.41) is 2.93. The second-order valence-corrected chi connectivity index (χ2v) is 9.58. The number of aryl methyl sites for hydroxylation is 1. The summed E-state index contributed by atoms with van der Waals surface area (Å²) in [7, 11) is -1.56. The Balaban J connectivity index is 1.45. The standard InChI is InChI=1S/C25H29N3O3S/c1-20-8-14-24(15-9-20)32(30,31)27-18-21-10-12-23(13-11-21)25(29)26-16-17-28(2)19-22-6-4-3-5-7-22/h3-15,27H,16-19H2,1-2H3,(H,26,29). The van der Waals surface area contributed by atoms with Crippen LogP contribution in [0.25, 0.3) is 0 Å². The van der Waals surface area contributed by atoms with Gasteiger partial charge in [0.15, 0.2) is 0 Å². The Morgan fingerprint density at radius 2 is 1.53 bits per heavy atom. The topological polar surface area (TPSA) is 78.5 Å². The highest BCUT2D eigenvalue weighted by molar-refractivity contribution is 7.89. The highest BCUT2D eigenvalue weighted by atomic mass is 32.2. The van der Waals surface area contributed by atoms with Gasteiger partial charge in [-0.05, 0) is 49.4 Å². The van der Waals surface area contributed by atoms with Gasteiger partial charge in [0.2, 0.25) is 10.0 Å². The van der Waals surface area contributed by atoms with Gasteiger partial charge in [-0.3, -0.25) is 4.79 Å². The van der Waals surface area contributed by atoms with Crippen molar-refractivity contribution < 1.29 is 13.2 Å². The van der Waals surface area contributed by atoms with E-state index in [0.717, 1.165) is 24.2 Å². The van der Waals surface area contributed by atoms with Gasteiger partial charge in [0.25, 0.3) is 5.91 Å². The van der Waals surface area contributed by atoms with Gasteiger partial charge in [-0.25, -0.2) is 13.1 Å². The number of hydrogen-bond acceptors (Lipinski definition) is 4. The number of carbonyl (C=O) groups is 1. The van der Waals surface area contributed by atoms with Gasteiger partial charge in [0.1, 0.15) is 0 Å². The van der Waals surface area contributed by atoms with Crippen molar-refractivity contribution in [2.24, 2.45) is 0 Å². The first kappa shape index (κ1) is 23.7. The Labute approximate surface area is 190 Å².